The van der Waals surface area contributed by atoms with Crippen LogP contribution in [0.4, 0.5) is 8.78 Å². The number of aliphatic hydroxyl groups excluding tert-OH is 1. The first-order chi connectivity index (χ1) is 18.9. The number of amidine groups is 1. The molecule has 9 nitrogen and oxygen atoms in total. The first kappa shape index (κ1) is 29.6. The van der Waals surface area contributed by atoms with Gasteiger partial charge >= 0.3 is 5.97 Å². The smallest absolute Gasteiger partial charge is 0.303 e. The molecule has 4 rings (SSSR count). The Kier molecular flexibility index (Phi) is 9.19. The van der Waals surface area contributed by atoms with Gasteiger partial charge in [-0.15, -0.1) is 0 Å². The number of nitrogens with one attached hydrogen (secondary N) is 2. The molecule has 1 aliphatic heterocycles. The number of amides is 1. The van der Waals surface area contributed by atoms with Crippen molar-refractivity contribution >= 4 is 39.4 Å². The molecule has 0 aromatic heterocycles. The lowest BCUT2D eigenvalue weighted by Crippen LogP contribution is -2.39. The highest BCUT2D eigenvalue weighted by Crippen LogP contribution is 2.53. The van der Waals surface area contributed by atoms with Gasteiger partial charge in [-0.2, -0.15) is 0 Å². The Balaban J connectivity index is 1.42. The van der Waals surface area contributed by atoms with Crippen molar-refractivity contribution in [3.8, 4) is 5.75 Å². The number of phenols is 1. The van der Waals surface area contributed by atoms with E-state index in [4.69, 9.17) is 0 Å². The fraction of sp³-hybridized carbons (Fsp3) is 0.429. The van der Waals surface area contributed by atoms with Crippen LogP contribution in [0, 0.1) is 0 Å². The van der Waals surface area contributed by atoms with Crippen molar-refractivity contribution in [2.45, 2.75) is 56.0 Å². The molecular weight excluding hydrogens is 592 g/mol. The number of alkyl halides is 2. The summed E-state index contributed by atoms with van der Waals surface area (Å²) in [4.78, 5) is 41.4. The number of ketones is 1. The maximum atomic E-state index is 13.7. The first-order valence-electron chi connectivity index (χ1n) is 12.8. The molecule has 1 unspecified atom stereocenters. The first-order valence-corrected chi connectivity index (χ1v) is 13.6. The molecule has 1 aliphatic carbocycles. The summed E-state index contributed by atoms with van der Waals surface area (Å²) in [7, 11) is 0. The Morgan fingerprint density at radius 1 is 1.12 bits per heavy atom. The lowest BCUT2D eigenvalue weighted by molar-refractivity contribution is -0.137. The molecule has 1 saturated carbocycles. The van der Waals surface area contributed by atoms with Gasteiger partial charge in [0.15, 0.2) is 5.78 Å². The van der Waals surface area contributed by atoms with Crippen LogP contribution < -0.4 is 10.6 Å². The van der Waals surface area contributed by atoms with Crippen LogP contribution in [0.1, 0.15) is 58.6 Å². The lowest BCUT2D eigenvalue weighted by Gasteiger charge is -2.20. The molecule has 214 valence electrons. The molecule has 2 atom stereocenters. The average molecular weight is 622 g/mol. The van der Waals surface area contributed by atoms with Gasteiger partial charge in [0.05, 0.1) is 31.0 Å². The third-order valence-corrected chi connectivity index (χ3v) is 7.62. The highest BCUT2D eigenvalue weighted by Gasteiger charge is 2.52. The molecule has 0 spiro atoms. The van der Waals surface area contributed by atoms with Gasteiger partial charge < -0.3 is 26.0 Å². The Bertz CT molecular complexity index is 1330. The minimum Gasteiger partial charge on any atom is -0.508 e. The quantitative estimate of drug-likeness (QED) is 0.244. The van der Waals surface area contributed by atoms with Crippen molar-refractivity contribution in [1.29, 1.82) is 0 Å². The number of Topliss-reactive ketones (excluding diaryl/α,β-unsaturated/α-hetero) is 1. The van der Waals surface area contributed by atoms with E-state index < -0.39 is 41.5 Å². The summed E-state index contributed by atoms with van der Waals surface area (Å²) in [6.45, 7) is 0.228. The number of benzene rings is 2. The highest BCUT2D eigenvalue weighted by molar-refractivity contribution is 9.10. The Morgan fingerprint density at radius 2 is 1.88 bits per heavy atom. The van der Waals surface area contributed by atoms with Gasteiger partial charge in [0.2, 0.25) is 6.43 Å². The third-order valence-electron chi connectivity index (χ3n) is 7.16. The second kappa shape index (κ2) is 12.4. The number of aliphatic imine (C=N–C) groups is 1. The number of nitrogens with zero attached hydrogens (tertiary/aromatic N) is 1. The number of phenolic OH excluding ortho intramolecular Hbond substituents is 1. The van der Waals surface area contributed by atoms with Crippen LogP contribution in [0.15, 0.2) is 45.9 Å². The minimum absolute atomic E-state index is 0.125. The summed E-state index contributed by atoms with van der Waals surface area (Å²) in [6, 6.07) is 9.10. The van der Waals surface area contributed by atoms with E-state index in [1.807, 2.05) is 0 Å². The Labute approximate surface area is 237 Å². The molecule has 2 aromatic carbocycles. The molecule has 2 aliphatic rings. The van der Waals surface area contributed by atoms with E-state index in [1.165, 1.54) is 12.1 Å². The van der Waals surface area contributed by atoms with Crippen LogP contribution in [0.2, 0.25) is 0 Å². The number of aliphatic carboxylic acids is 1. The third kappa shape index (κ3) is 7.42. The van der Waals surface area contributed by atoms with E-state index in [9.17, 15) is 38.5 Å². The van der Waals surface area contributed by atoms with E-state index in [0.717, 1.165) is 0 Å². The second-order valence-electron chi connectivity index (χ2n) is 10.3. The van der Waals surface area contributed by atoms with Crippen LogP contribution >= 0.6 is 15.9 Å². The number of rotatable bonds is 12. The van der Waals surface area contributed by atoms with Gasteiger partial charge in [0, 0.05) is 35.3 Å². The van der Waals surface area contributed by atoms with Crippen molar-refractivity contribution in [3.05, 3.63) is 63.1 Å². The number of hydrogen-bond acceptors (Lipinski definition) is 7. The van der Waals surface area contributed by atoms with Crippen LogP contribution in [0.25, 0.3) is 0 Å². The van der Waals surface area contributed by atoms with Crippen molar-refractivity contribution in [1.82, 2.24) is 10.6 Å². The largest absolute Gasteiger partial charge is 0.508 e. The average Bonchev–Trinajstić information content (AvgIpc) is 3.70. The molecular formula is C28H30BrF2N3O6. The molecule has 5 N–H and O–H groups in total. The number of aromatic hydroxyl groups is 1. The number of carbonyl (C=O) groups excluding carboxylic acids is 2. The second-order valence-corrected chi connectivity index (χ2v) is 11.3. The van der Waals surface area contributed by atoms with Crippen LogP contribution in [-0.4, -0.2) is 71.0 Å². The number of halogens is 3. The molecule has 0 radical (unpaired) electrons. The maximum Gasteiger partial charge on any atom is 0.303 e. The monoisotopic (exact) mass is 621 g/mol. The zero-order valence-corrected chi connectivity index (χ0v) is 23.1. The zero-order chi connectivity index (χ0) is 29.0. The molecule has 40 heavy (non-hydrogen) atoms. The molecule has 0 bridgehead atoms. The molecule has 1 fully saturated rings. The zero-order valence-electron chi connectivity index (χ0n) is 21.5. The van der Waals surface area contributed by atoms with E-state index in [0.29, 0.717) is 52.8 Å². The molecule has 1 heterocycles. The Hall–Kier alpha value is -3.38. The number of aliphatic hydroxyl groups is 1. The lowest BCUT2D eigenvalue weighted by atomic mass is 9.86. The van der Waals surface area contributed by atoms with E-state index in [1.54, 1.807) is 24.3 Å². The minimum atomic E-state index is -2.55. The summed E-state index contributed by atoms with van der Waals surface area (Å²) in [5.41, 5.74) is 0.352. The van der Waals surface area contributed by atoms with Gasteiger partial charge in [0.25, 0.3) is 5.91 Å². The van der Waals surface area contributed by atoms with E-state index in [2.05, 4.69) is 31.6 Å². The fourth-order valence-corrected chi connectivity index (χ4v) is 5.35. The van der Waals surface area contributed by atoms with E-state index in [-0.39, 0.29) is 37.2 Å². The summed E-state index contributed by atoms with van der Waals surface area (Å²) in [5.74, 6) is -2.49. The topological polar surface area (TPSA) is 148 Å². The SMILES string of the molecule is O=C(O)C[C@H](CC(=O)CNC(=O)c1cc(O)cc(CC2=NCC(O)CN2)c1)c1cc(Br)cc(C2(C(F)F)CC2)c1. The van der Waals surface area contributed by atoms with Crippen LogP contribution in [-0.2, 0) is 21.4 Å². The van der Waals surface area contributed by atoms with E-state index >= 15 is 0 Å². The standard InChI is InChI=1S/C28H30BrF2N3O6/c29-20-7-16(6-19(11-20)28(1-2-28)27(30)31)17(10-25(38)39)8-22(36)12-34-26(40)18-3-15(4-21(35)9-18)5-24-32-13-23(37)14-33-24/h3-4,6-7,9,11,17,23,27,35,37H,1-2,5,8,10,12-14H2,(H,32,33)(H,34,40)(H,38,39)/t17-/m0/s1. The van der Waals surface area contributed by atoms with Gasteiger partial charge in [-0.1, -0.05) is 22.0 Å². The number of carbonyl (C=O) groups is 3. The Morgan fingerprint density at radius 3 is 2.50 bits per heavy atom. The molecule has 2 aromatic rings. The predicted octanol–water partition coefficient (Wildman–Crippen LogP) is 3.30. The van der Waals surface area contributed by atoms with Gasteiger partial charge in [-0.3, -0.25) is 19.4 Å². The van der Waals surface area contributed by atoms with Crippen LogP contribution in [0.5, 0.6) is 5.75 Å². The van der Waals surface area contributed by atoms with Gasteiger partial charge in [-0.25, -0.2) is 8.78 Å². The van der Waals surface area contributed by atoms with Gasteiger partial charge in [-0.05, 0) is 59.9 Å². The van der Waals surface area contributed by atoms with Crippen LogP contribution in [0.3, 0.4) is 0 Å². The number of carboxylic acids is 1. The van der Waals surface area contributed by atoms with Gasteiger partial charge in [0.1, 0.15) is 11.6 Å². The maximum absolute atomic E-state index is 13.7. The summed E-state index contributed by atoms with van der Waals surface area (Å²) in [6.07, 6.45) is -2.76. The van der Waals surface area contributed by atoms with Crippen molar-refractivity contribution in [2.24, 2.45) is 4.99 Å². The van der Waals surface area contributed by atoms with Crippen molar-refractivity contribution in [2.75, 3.05) is 19.6 Å². The summed E-state index contributed by atoms with van der Waals surface area (Å²) >= 11 is 3.33. The summed E-state index contributed by atoms with van der Waals surface area (Å²) < 4.78 is 27.9. The molecule has 0 saturated heterocycles. The summed E-state index contributed by atoms with van der Waals surface area (Å²) in [5, 5.41) is 34.6. The molecule has 1 amide bonds. The number of carboxylic acid groups (broad SMARTS) is 1. The number of β-amino-alcohol motifs (C(OH)–C–C–N with tert-alkyl or cyclic N) is 1. The normalized spacial score (nSPS) is 18.4. The predicted molar refractivity (Wildman–Crippen MR) is 146 cm³/mol. The van der Waals surface area contributed by atoms with Crippen molar-refractivity contribution < 1.29 is 38.5 Å². The number of hydrogen-bond donors (Lipinski definition) is 5. The molecule has 12 heteroatoms. The van der Waals surface area contributed by atoms with Crippen molar-refractivity contribution in [3.63, 3.8) is 0 Å². The highest BCUT2D eigenvalue weighted by atomic mass is 79.9. The fourth-order valence-electron chi connectivity index (χ4n) is 4.84.